The number of sulfonamides is 1. The maximum atomic E-state index is 12.1. The molecule has 0 heterocycles. The van der Waals surface area contributed by atoms with Gasteiger partial charge in [-0.2, -0.15) is 0 Å². The number of para-hydroxylation sites is 1. The van der Waals surface area contributed by atoms with E-state index in [2.05, 4.69) is 4.72 Å². The zero-order valence-electron chi connectivity index (χ0n) is 13.0. The van der Waals surface area contributed by atoms with E-state index < -0.39 is 15.9 Å². The number of methoxy groups -OCH3 is 1. The average molecular weight is 333 g/mol. The van der Waals surface area contributed by atoms with Crippen LogP contribution in [0.3, 0.4) is 0 Å². The van der Waals surface area contributed by atoms with Crippen LogP contribution in [0.5, 0.6) is 5.75 Å². The van der Waals surface area contributed by atoms with Crippen LogP contribution in [-0.2, 0) is 14.8 Å². The van der Waals surface area contributed by atoms with E-state index in [1.165, 1.54) is 12.1 Å². The van der Waals surface area contributed by atoms with Gasteiger partial charge in [-0.15, -0.1) is 0 Å². The van der Waals surface area contributed by atoms with Crippen LogP contribution in [0, 0.1) is 0 Å². The van der Waals surface area contributed by atoms with Gasteiger partial charge in [-0.3, -0.25) is 4.79 Å². The molecule has 0 fully saturated rings. The van der Waals surface area contributed by atoms with Gasteiger partial charge in [0.15, 0.2) is 0 Å². The molecule has 0 unspecified atom stereocenters. The highest BCUT2D eigenvalue weighted by atomic mass is 32.2. The first-order valence-electron chi connectivity index (χ1n) is 7.17. The van der Waals surface area contributed by atoms with Crippen molar-refractivity contribution in [3.8, 4) is 5.75 Å². The quantitative estimate of drug-likeness (QED) is 0.882. The van der Waals surface area contributed by atoms with Gasteiger partial charge in [0, 0.05) is 6.42 Å². The maximum Gasteiger partial charge on any atom is 0.264 e. The molecule has 2 rings (SSSR count). The number of carbonyl (C=O) groups excluding carboxylic acids is 1. The predicted molar refractivity (Wildman–Crippen MR) is 87.8 cm³/mol. The van der Waals surface area contributed by atoms with Gasteiger partial charge in [0.1, 0.15) is 5.75 Å². The number of amides is 1. The number of hydrogen-bond acceptors (Lipinski definition) is 4. The predicted octanol–water partition coefficient (Wildman–Crippen LogP) is 2.69. The Hall–Kier alpha value is -2.34. The lowest BCUT2D eigenvalue weighted by Gasteiger charge is -2.15. The van der Waals surface area contributed by atoms with Crippen LogP contribution in [0.15, 0.2) is 59.5 Å². The molecule has 2 aromatic carbocycles. The van der Waals surface area contributed by atoms with Gasteiger partial charge in [0.05, 0.1) is 12.0 Å². The van der Waals surface area contributed by atoms with Crippen LogP contribution in [0.1, 0.15) is 24.8 Å². The van der Waals surface area contributed by atoms with Crippen LogP contribution in [0.2, 0.25) is 0 Å². The molecule has 2 aromatic rings. The van der Waals surface area contributed by atoms with E-state index in [0.717, 1.165) is 5.56 Å². The van der Waals surface area contributed by atoms with E-state index in [1.54, 1.807) is 25.3 Å². The zero-order valence-corrected chi connectivity index (χ0v) is 13.8. The third kappa shape index (κ3) is 4.32. The fraction of sp³-hybridized carbons (Fsp3) is 0.235. The topological polar surface area (TPSA) is 72.5 Å². The number of nitrogens with one attached hydrogen (secondary N) is 1. The number of carbonyl (C=O) groups is 1. The van der Waals surface area contributed by atoms with Crippen molar-refractivity contribution < 1.29 is 17.9 Å². The Morgan fingerprint density at radius 3 is 2.35 bits per heavy atom. The summed E-state index contributed by atoms with van der Waals surface area (Å²) in [6.45, 7) is 1.85. The maximum absolute atomic E-state index is 12.1. The van der Waals surface area contributed by atoms with Crippen molar-refractivity contribution in [1.29, 1.82) is 0 Å². The number of benzene rings is 2. The summed E-state index contributed by atoms with van der Waals surface area (Å²) in [7, 11) is -2.27. The normalized spacial score (nSPS) is 12.4. The standard InChI is InChI=1S/C17H19NO4S/c1-13(15-10-6-7-11-16(15)22-2)12-17(19)18-23(20,21)14-8-4-3-5-9-14/h3-11,13H,12H2,1-2H3,(H,18,19)/t13-/m1/s1. The van der Waals surface area contributed by atoms with E-state index in [9.17, 15) is 13.2 Å². The molecule has 0 aromatic heterocycles. The van der Waals surface area contributed by atoms with Crippen molar-refractivity contribution in [3.05, 3.63) is 60.2 Å². The first-order valence-corrected chi connectivity index (χ1v) is 8.66. The van der Waals surface area contributed by atoms with Crippen LogP contribution in [0.4, 0.5) is 0 Å². The molecule has 0 aliphatic carbocycles. The van der Waals surface area contributed by atoms with Crippen molar-refractivity contribution in [2.45, 2.75) is 24.2 Å². The summed E-state index contributed by atoms with van der Waals surface area (Å²) < 4.78 is 31.6. The number of hydrogen-bond donors (Lipinski definition) is 1. The lowest BCUT2D eigenvalue weighted by atomic mass is 9.97. The van der Waals surface area contributed by atoms with Crippen molar-refractivity contribution >= 4 is 15.9 Å². The Morgan fingerprint density at radius 1 is 1.09 bits per heavy atom. The van der Waals surface area contributed by atoms with Crippen LogP contribution in [0.25, 0.3) is 0 Å². The summed E-state index contributed by atoms with van der Waals surface area (Å²) in [5.41, 5.74) is 0.863. The average Bonchev–Trinajstić information content (AvgIpc) is 2.55. The molecule has 0 radical (unpaired) electrons. The molecule has 0 saturated heterocycles. The van der Waals surface area contributed by atoms with E-state index >= 15 is 0 Å². The van der Waals surface area contributed by atoms with Crippen molar-refractivity contribution in [2.75, 3.05) is 7.11 Å². The summed E-state index contributed by atoms with van der Waals surface area (Å²) >= 11 is 0. The van der Waals surface area contributed by atoms with Crippen molar-refractivity contribution in [2.24, 2.45) is 0 Å². The first kappa shape index (κ1) is 17.0. The van der Waals surface area contributed by atoms with Crippen LogP contribution >= 0.6 is 0 Å². The molecule has 0 spiro atoms. The van der Waals surface area contributed by atoms with Gasteiger partial charge in [-0.05, 0) is 29.7 Å². The molecule has 0 aliphatic rings. The molecule has 0 bridgehead atoms. The highest BCUT2D eigenvalue weighted by Crippen LogP contribution is 2.28. The van der Waals surface area contributed by atoms with Crippen molar-refractivity contribution in [3.63, 3.8) is 0 Å². The highest BCUT2D eigenvalue weighted by Gasteiger charge is 2.20. The Bertz CT molecular complexity index is 772. The molecule has 0 aliphatic heterocycles. The van der Waals surface area contributed by atoms with Gasteiger partial charge in [0.2, 0.25) is 5.91 Å². The Balaban J connectivity index is 2.08. The van der Waals surface area contributed by atoms with Crippen LogP contribution < -0.4 is 9.46 Å². The molecular weight excluding hydrogens is 314 g/mol. The lowest BCUT2D eigenvalue weighted by Crippen LogP contribution is -2.31. The number of rotatable bonds is 6. The van der Waals surface area contributed by atoms with Crippen LogP contribution in [-0.4, -0.2) is 21.4 Å². The smallest absolute Gasteiger partial charge is 0.264 e. The highest BCUT2D eigenvalue weighted by molar-refractivity contribution is 7.90. The monoisotopic (exact) mass is 333 g/mol. The molecule has 122 valence electrons. The van der Waals surface area contributed by atoms with Crippen molar-refractivity contribution in [1.82, 2.24) is 4.72 Å². The molecule has 1 amide bonds. The fourth-order valence-corrected chi connectivity index (χ4v) is 3.33. The lowest BCUT2D eigenvalue weighted by molar-refractivity contribution is -0.119. The summed E-state index contributed by atoms with van der Waals surface area (Å²) in [6.07, 6.45) is 0.0481. The molecule has 1 N–H and O–H groups in total. The van der Waals surface area contributed by atoms with E-state index in [1.807, 2.05) is 31.2 Å². The van der Waals surface area contributed by atoms with Gasteiger partial charge in [-0.25, -0.2) is 13.1 Å². The molecule has 6 heteroatoms. The third-order valence-corrected chi connectivity index (χ3v) is 4.85. The molecule has 5 nitrogen and oxygen atoms in total. The molecule has 0 saturated carbocycles. The van der Waals surface area contributed by atoms with Gasteiger partial charge < -0.3 is 4.74 Å². The second-order valence-electron chi connectivity index (χ2n) is 5.19. The van der Waals surface area contributed by atoms with E-state index in [0.29, 0.717) is 5.75 Å². The second kappa shape index (κ2) is 7.28. The van der Waals surface area contributed by atoms with Gasteiger partial charge >= 0.3 is 0 Å². The molecule has 23 heavy (non-hydrogen) atoms. The Labute approximate surface area is 136 Å². The van der Waals surface area contributed by atoms with Gasteiger partial charge in [0.25, 0.3) is 10.0 Å². The largest absolute Gasteiger partial charge is 0.496 e. The second-order valence-corrected chi connectivity index (χ2v) is 6.87. The Kier molecular flexibility index (Phi) is 5.39. The van der Waals surface area contributed by atoms with E-state index in [-0.39, 0.29) is 17.2 Å². The Morgan fingerprint density at radius 2 is 1.70 bits per heavy atom. The third-order valence-electron chi connectivity index (χ3n) is 3.46. The van der Waals surface area contributed by atoms with E-state index in [4.69, 9.17) is 4.74 Å². The fourth-order valence-electron chi connectivity index (χ4n) is 2.31. The minimum absolute atomic E-state index is 0.0481. The minimum Gasteiger partial charge on any atom is -0.496 e. The summed E-state index contributed by atoms with van der Waals surface area (Å²) in [5.74, 6) is -0.0388. The van der Waals surface area contributed by atoms with Gasteiger partial charge in [-0.1, -0.05) is 43.3 Å². The SMILES string of the molecule is COc1ccccc1[C@H](C)CC(=O)NS(=O)(=O)c1ccccc1. The molecule has 1 atom stereocenters. The summed E-state index contributed by atoms with van der Waals surface area (Å²) in [6, 6.07) is 15.2. The molecular formula is C17H19NO4S. The number of ether oxygens (including phenoxy) is 1. The summed E-state index contributed by atoms with van der Waals surface area (Å²) in [4.78, 5) is 12.2. The summed E-state index contributed by atoms with van der Waals surface area (Å²) in [5, 5.41) is 0. The first-order chi connectivity index (χ1) is 10.9. The zero-order chi connectivity index (χ0) is 16.9. The minimum atomic E-state index is -3.83.